The van der Waals surface area contributed by atoms with Crippen molar-refractivity contribution in [2.24, 2.45) is 0 Å². The number of hydrogen-bond acceptors (Lipinski definition) is 4. The molecule has 0 saturated carbocycles. The number of benzene rings is 3. The Balaban J connectivity index is 1.98. The fourth-order valence-electron chi connectivity index (χ4n) is 3.73. The summed E-state index contributed by atoms with van der Waals surface area (Å²) in [6.45, 7) is 5.55. The van der Waals surface area contributed by atoms with Gasteiger partial charge in [-0.2, -0.15) is 0 Å². The summed E-state index contributed by atoms with van der Waals surface area (Å²) in [5.74, 6) is -1.44. The lowest BCUT2D eigenvalue weighted by atomic mass is 10.1. The van der Waals surface area contributed by atoms with E-state index in [-0.39, 0.29) is 23.0 Å². The molecule has 7 nitrogen and oxygen atoms in total. The molecule has 0 saturated heterocycles. The molecule has 1 N–H and O–H groups in total. The Hall–Kier alpha value is -3.72. The van der Waals surface area contributed by atoms with E-state index in [1.807, 2.05) is 38.1 Å². The van der Waals surface area contributed by atoms with Crippen molar-refractivity contribution in [3.8, 4) is 0 Å². The van der Waals surface area contributed by atoms with E-state index in [0.717, 1.165) is 46.1 Å². The van der Waals surface area contributed by atoms with Crippen LogP contribution in [0.1, 0.15) is 31.4 Å². The van der Waals surface area contributed by atoms with Crippen LogP contribution >= 0.6 is 0 Å². The number of rotatable bonds is 11. The van der Waals surface area contributed by atoms with Gasteiger partial charge in [-0.15, -0.1) is 0 Å². The molecular formula is C28H32FN3O4S. The average molecular weight is 526 g/mol. The largest absolute Gasteiger partial charge is 0.354 e. The van der Waals surface area contributed by atoms with Crippen molar-refractivity contribution in [3.05, 3.63) is 95.8 Å². The Morgan fingerprint density at radius 3 is 2.16 bits per heavy atom. The summed E-state index contributed by atoms with van der Waals surface area (Å²) in [6, 6.07) is 19.4. The van der Waals surface area contributed by atoms with E-state index >= 15 is 0 Å². The summed E-state index contributed by atoms with van der Waals surface area (Å²) in [5.41, 5.74) is 2.14. The number of carbonyl (C=O) groups excluding carboxylic acids is 2. The summed E-state index contributed by atoms with van der Waals surface area (Å²) in [5, 5.41) is 2.81. The van der Waals surface area contributed by atoms with Crippen LogP contribution in [0.25, 0.3) is 0 Å². The third-order valence-corrected chi connectivity index (χ3v) is 7.70. The highest BCUT2D eigenvalue weighted by atomic mass is 32.2. The minimum absolute atomic E-state index is 0.124. The molecule has 9 heteroatoms. The highest BCUT2D eigenvalue weighted by Crippen LogP contribution is 2.24. The predicted octanol–water partition coefficient (Wildman–Crippen LogP) is 4.27. The lowest BCUT2D eigenvalue weighted by Crippen LogP contribution is -2.51. The first kappa shape index (κ1) is 27.9. The van der Waals surface area contributed by atoms with Crippen LogP contribution < -0.4 is 9.62 Å². The van der Waals surface area contributed by atoms with Gasteiger partial charge < -0.3 is 10.2 Å². The van der Waals surface area contributed by atoms with Gasteiger partial charge in [0.15, 0.2) is 0 Å². The maximum absolute atomic E-state index is 13.7. The summed E-state index contributed by atoms with van der Waals surface area (Å²) in [7, 11) is -4.22. The predicted molar refractivity (Wildman–Crippen MR) is 142 cm³/mol. The molecule has 1 atom stereocenters. The lowest BCUT2D eigenvalue weighted by molar-refractivity contribution is -0.139. The van der Waals surface area contributed by atoms with Crippen LogP contribution in [0.4, 0.5) is 10.1 Å². The number of halogens is 1. The van der Waals surface area contributed by atoms with E-state index in [1.165, 1.54) is 4.90 Å². The number of amides is 2. The Bertz CT molecular complexity index is 1300. The van der Waals surface area contributed by atoms with Gasteiger partial charge in [-0.05, 0) is 62.2 Å². The second kappa shape index (κ2) is 12.5. The maximum Gasteiger partial charge on any atom is 0.264 e. The van der Waals surface area contributed by atoms with Crippen molar-refractivity contribution in [1.82, 2.24) is 10.2 Å². The van der Waals surface area contributed by atoms with Crippen LogP contribution in [0.3, 0.4) is 0 Å². The molecule has 0 bridgehead atoms. The highest BCUT2D eigenvalue weighted by molar-refractivity contribution is 7.92. The van der Waals surface area contributed by atoms with Crippen LogP contribution in [0.15, 0.2) is 83.8 Å². The minimum Gasteiger partial charge on any atom is -0.354 e. The van der Waals surface area contributed by atoms with Crippen molar-refractivity contribution >= 4 is 27.5 Å². The van der Waals surface area contributed by atoms with Crippen molar-refractivity contribution in [2.75, 3.05) is 17.4 Å². The maximum atomic E-state index is 13.7. The van der Waals surface area contributed by atoms with Gasteiger partial charge in [0.2, 0.25) is 11.8 Å². The number of nitrogens with zero attached hydrogens (tertiary/aromatic N) is 2. The first-order chi connectivity index (χ1) is 17.6. The number of anilines is 1. The Kier molecular flexibility index (Phi) is 9.41. The first-order valence-corrected chi connectivity index (χ1v) is 13.5. The molecule has 2 amide bonds. The minimum atomic E-state index is -4.22. The fraction of sp³-hybridized carbons (Fsp3) is 0.286. The number of para-hydroxylation sites is 1. The molecule has 37 heavy (non-hydrogen) atoms. The summed E-state index contributed by atoms with van der Waals surface area (Å²) in [6.07, 6.45) is 0.738. The molecule has 3 aromatic carbocycles. The number of nitrogens with one attached hydrogen (secondary N) is 1. The highest BCUT2D eigenvalue weighted by Gasteiger charge is 2.32. The molecule has 0 fully saturated rings. The van der Waals surface area contributed by atoms with E-state index in [2.05, 4.69) is 5.32 Å². The summed E-state index contributed by atoms with van der Waals surface area (Å²) < 4.78 is 41.7. The molecule has 3 aromatic rings. The fourth-order valence-corrected chi connectivity index (χ4v) is 5.14. The molecule has 0 aliphatic heterocycles. The molecule has 0 unspecified atom stereocenters. The third-order valence-electron chi connectivity index (χ3n) is 5.91. The zero-order valence-electron chi connectivity index (χ0n) is 21.2. The van der Waals surface area contributed by atoms with E-state index < -0.39 is 34.3 Å². The van der Waals surface area contributed by atoms with Gasteiger partial charge in [0, 0.05) is 13.1 Å². The molecule has 0 aromatic heterocycles. The van der Waals surface area contributed by atoms with Crippen molar-refractivity contribution in [3.63, 3.8) is 0 Å². The number of sulfonamides is 1. The number of carbonyl (C=O) groups is 2. The van der Waals surface area contributed by atoms with Crippen LogP contribution in [0, 0.1) is 12.7 Å². The number of aryl methyl sites for hydroxylation is 1. The Labute approximate surface area is 218 Å². The normalized spacial score (nSPS) is 12.0. The van der Waals surface area contributed by atoms with Gasteiger partial charge in [0.25, 0.3) is 10.0 Å². The topological polar surface area (TPSA) is 86.8 Å². The third kappa shape index (κ3) is 7.16. The Morgan fingerprint density at radius 2 is 1.57 bits per heavy atom. The second-order valence-electron chi connectivity index (χ2n) is 8.78. The van der Waals surface area contributed by atoms with Gasteiger partial charge in [0.05, 0.1) is 10.6 Å². The van der Waals surface area contributed by atoms with Gasteiger partial charge in [0.1, 0.15) is 18.4 Å². The molecule has 0 spiro atoms. The molecule has 196 valence electrons. The molecular weight excluding hydrogens is 493 g/mol. The average Bonchev–Trinajstić information content (AvgIpc) is 2.90. The monoisotopic (exact) mass is 525 g/mol. The summed E-state index contributed by atoms with van der Waals surface area (Å²) >= 11 is 0. The lowest BCUT2D eigenvalue weighted by Gasteiger charge is -2.32. The smallest absolute Gasteiger partial charge is 0.264 e. The summed E-state index contributed by atoms with van der Waals surface area (Å²) in [4.78, 5) is 27.8. The number of hydrogen-bond donors (Lipinski definition) is 1. The molecule has 0 aliphatic carbocycles. The van der Waals surface area contributed by atoms with Gasteiger partial charge in [-0.3, -0.25) is 13.9 Å². The molecule has 0 radical (unpaired) electrons. The zero-order valence-corrected chi connectivity index (χ0v) is 22.0. The van der Waals surface area contributed by atoms with Crippen LogP contribution in [0.2, 0.25) is 0 Å². The van der Waals surface area contributed by atoms with E-state index in [9.17, 15) is 22.4 Å². The standard InChI is InChI=1S/C28H32FN3O4S/c1-4-18-30-28(34)22(3)31(19-23-12-10-21(2)11-13-23)27(33)20-32(25-8-6-5-7-9-25)37(35,36)26-16-14-24(29)15-17-26/h5-17,22H,4,18-20H2,1-3H3,(H,30,34)/t22-/m0/s1. The molecule has 0 heterocycles. The van der Waals surface area contributed by atoms with Crippen LogP contribution in [-0.4, -0.2) is 44.3 Å². The van der Waals surface area contributed by atoms with E-state index in [4.69, 9.17) is 0 Å². The van der Waals surface area contributed by atoms with E-state index in [0.29, 0.717) is 6.54 Å². The van der Waals surface area contributed by atoms with Crippen molar-refractivity contribution in [2.45, 2.75) is 44.7 Å². The van der Waals surface area contributed by atoms with Crippen LogP contribution in [-0.2, 0) is 26.2 Å². The molecule has 0 aliphatic rings. The quantitative estimate of drug-likeness (QED) is 0.405. The molecule has 3 rings (SSSR count). The van der Waals surface area contributed by atoms with Crippen LogP contribution in [0.5, 0.6) is 0 Å². The first-order valence-electron chi connectivity index (χ1n) is 12.1. The van der Waals surface area contributed by atoms with E-state index in [1.54, 1.807) is 37.3 Å². The van der Waals surface area contributed by atoms with Gasteiger partial charge in [-0.25, -0.2) is 12.8 Å². The Morgan fingerprint density at radius 1 is 0.946 bits per heavy atom. The zero-order chi connectivity index (χ0) is 27.0. The SMILES string of the molecule is CCCNC(=O)[C@H](C)N(Cc1ccc(C)cc1)C(=O)CN(c1ccccc1)S(=O)(=O)c1ccc(F)cc1. The van der Waals surface area contributed by atoms with Gasteiger partial charge >= 0.3 is 0 Å². The van der Waals surface area contributed by atoms with Crippen molar-refractivity contribution in [1.29, 1.82) is 0 Å². The van der Waals surface area contributed by atoms with Gasteiger partial charge in [-0.1, -0.05) is 55.0 Å². The second-order valence-corrected chi connectivity index (χ2v) is 10.6. The van der Waals surface area contributed by atoms with Crippen molar-refractivity contribution < 1.29 is 22.4 Å².